The maximum Gasteiger partial charge on any atom is 0.410 e. The van der Waals surface area contributed by atoms with E-state index in [4.69, 9.17) is 14.5 Å². The lowest BCUT2D eigenvalue weighted by molar-refractivity contribution is -0.145. The van der Waals surface area contributed by atoms with Gasteiger partial charge in [0.15, 0.2) is 0 Å². The minimum Gasteiger partial charge on any atom is -0.444 e. The number of hydrogen-bond acceptors (Lipinski definition) is 8. The van der Waals surface area contributed by atoms with Gasteiger partial charge in [-0.05, 0) is 92.0 Å². The zero-order valence-corrected chi connectivity index (χ0v) is 31.9. The first-order valence-electron chi connectivity index (χ1n) is 18.9. The number of hydrogen-bond donors (Lipinski definition) is 4. The molecule has 0 spiro atoms. The Labute approximate surface area is 316 Å². The number of carbonyl (C=O) groups excluding carboxylic acids is 2. The number of aromatic nitrogens is 4. The first-order chi connectivity index (χ1) is 25.9. The third-order valence-electron chi connectivity index (χ3n) is 10.4. The summed E-state index contributed by atoms with van der Waals surface area (Å²) >= 11 is 0. The van der Waals surface area contributed by atoms with Crippen molar-refractivity contribution in [3.63, 3.8) is 0 Å². The van der Waals surface area contributed by atoms with Crippen LogP contribution in [0.5, 0.6) is 0 Å². The molecule has 7 rings (SSSR count). The smallest absolute Gasteiger partial charge is 0.410 e. The first kappa shape index (κ1) is 37.3. The Hall–Kier alpha value is -5.04. The van der Waals surface area contributed by atoms with Gasteiger partial charge >= 0.3 is 6.09 Å². The van der Waals surface area contributed by atoms with Crippen LogP contribution in [0.4, 0.5) is 4.79 Å². The van der Waals surface area contributed by atoms with Crippen LogP contribution < -0.4 is 5.32 Å². The molecule has 2 amide bonds. The molecule has 0 saturated carbocycles. The molecule has 2 aliphatic rings. The van der Waals surface area contributed by atoms with Crippen LogP contribution in [0.2, 0.25) is 0 Å². The predicted molar refractivity (Wildman–Crippen MR) is 208 cm³/mol. The average molecular weight is 734 g/mol. The number of imidazole rings is 2. The Balaban J connectivity index is 1.03. The number of likely N-dealkylation sites (tertiary alicyclic amines) is 2. The number of aliphatic hydroxyl groups is 1. The molecule has 4 N–H and O–H groups in total. The predicted octanol–water partition coefficient (Wildman–Crippen LogP) is 7.56. The highest BCUT2D eigenvalue weighted by Gasteiger charge is 2.38. The zero-order valence-electron chi connectivity index (χ0n) is 31.9. The van der Waals surface area contributed by atoms with Gasteiger partial charge in [-0.1, -0.05) is 62.4 Å². The number of aromatic amines is 2. The van der Waals surface area contributed by atoms with Gasteiger partial charge in [-0.15, -0.1) is 0 Å². The fourth-order valence-electron chi connectivity index (χ4n) is 7.59. The third-order valence-corrected chi connectivity index (χ3v) is 10.4. The Morgan fingerprint density at radius 3 is 1.91 bits per heavy atom. The largest absolute Gasteiger partial charge is 0.444 e. The summed E-state index contributed by atoms with van der Waals surface area (Å²) in [6.45, 7) is 10.8. The summed E-state index contributed by atoms with van der Waals surface area (Å²) in [5.41, 5.74) is 5.53. The molecule has 0 bridgehead atoms. The van der Waals surface area contributed by atoms with Gasteiger partial charge in [-0.2, -0.15) is 0 Å². The molecule has 0 aliphatic carbocycles. The van der Waals surface area contributed by atoms with Crippen LogP contribution >= 0.6 is 0 Å². The maximum absolute atomic E-state index is 13.6. The zero-order chi connectivity index (χ0) is 38.1. The van der Waals surface area contributed by atoms with Crippen LogP contribution in [0, 0.1) is 5.92 Å². The van der Waals surface area contributed by atoms with Gasteiger partial charge in [-0.3, -0.25) is 15.0 Å². The third kappa shape index (κ3) is 7.91. The topological polar surface area (TPSA) is 149 Å². The second kappa shape index (κ2) is 15.4. The minimum absolute atomic E-state index is 0.0355. The summed E-state index contributed by atoms with van der Waals surface area (Å²) in [6.07, 6.45) is 5.62. The van der Waals surface area contributed by atoms with Crippen molar-refractivity contribution in [1.29, 1.82) is 0 Å². The summed E-state index contributed by atoms with van der Waals surface area (Å²) in [6, 6.07) is 20.4. The molecule has 3 aromatic carbocycles. The summed E-state index contributed by atoms with van der Waals surface area (Å²) in [5, 5.41) is 15.1. The molecule has 12 nitrogen and oxygen atoms in total. The SMILES string of the molecule is COC(O)N[C@H](C(=O)N1CCC[C@H]1c1ncc(-c2ccc3cc(-c4ccc(-c5cnc([C@@H]6CCCN6C(=O)OC(C)(C)C)[nH]5)cc4)ccc3c2)[nH]1)C(C)C. The molecule has 2 saturated heterocycles. The lowest BCUT2D eigenvalue weighted by atomic mass is 9.98. The number of fused-ring (bicyclic) bond motifs is 1. The minimum atomic E-state index is -1.22. The van der Waals surface area contributed by atoms with Crippen LogP contribution in [0.3, 0.4) is 0 Å². The molecule has 1 unspecified atom stereocenters. The van der Waals surface area contributed by atoms with E-state index >= 15 is 0 Å². The van der Waals surface area contributed by atoms with Gasteiger partial charge in [0.1, 0.15) is 17.2 Å². The molecular weight excluding hydrogens is 683 g/mol. The van der Waals surface area contributed by atoms with Crippen molar-refractivity contribution < 1.29 is 24.2 Å². The van der Waals surface area contributed by atoms with Crippen LogP contribution in [0.15, 0.2) is 73.1 Å². The van der Waals surface area contributed by atoms with Crippen molar-refractivity contribution in [2.24, 2.45) is 5.92 Å². The second-order valence-electron chi connectivity index (χ2n) is 15.7. The number of aliphatic hydroxyl groups excluding tert-OH is 1. The van der Waals surface area contributed by atoms with Gasteiger partial charge < -0.3 is 29.4 Å². The van der Waals surface area contributed by atoms with E-state index in [1.165, 1.54) is 7.11 Å². The van der Waals surface area contributed by atoms with Gasteiger partial charge in [0.25, 0.3) is 0 Å². The highest BCUT2D eigenvalue weighted by atomic mass is 16.6. The number of amides is 2. The first-order valence-corrected chi connectivity index (χ1v) is 18.9. The van der Waals surface area contributed by atoms with E-state index in [0.29, 0.717) is 13.1 Å². The summed E-state index contributed by atoms with van der Waals surface area (Å²) in [4.78, 5) is 46.4. The molecule has 0 radical (unpaired) electrons. The fraction of sp³-hybridized carbons (Fsp3) is 0.429. The fourth-order valence-corrected chi connectivity index (χ4v) is 7.59. The van der Waals surface area contributed by atoms with Gasteiger partial charge in [0, 0.05) is 25.8 Å². The summed E-state index contributed by atoms with van der Waals surface area (Å²) < 4.78 is 10.6. The van der Waals surface area contributed by atoms with Crippen molar-refractivity contribution in [3.05, 3.63) is 84.7 Å². The van der Waals surface area contributed by atoms with Crippen LogP contribution in [0.1, 0.15) is 84.0 Å². The maximum atomic E-state index is 13.6. The van der Waals surface area contributed by atoms with E-state index in [0.717, 1.165) is 81.7 Å². The van der Waals surface area contributed by atoms with E-state index in [9.17, 15) is 14.7 Å². The van der Waals surface area contributed by atoms with E-state index in [2.05, 4.69) is 80.9 Å². The Morgan fingerprint density at radius 2 is 1.31 bits per heavy atom. The van der Waals surface area contributed by atoms with Crippen molar-refractivity contribution in [3.8, 4) is 33.6 Å². The number of nitrogens with one attached hydrogen (secondary N) is 3. The van der Waals surface area contributed by atoms with Gasteiger partial charge in [0.05, 0.1) is 41.9 Å². The Kier molecular flexibility index (Phi) is 10.6. The number of ether oxygens (including phenoxy) is 2. The van der Waals surface area contributed by atoms with E-state index < -0.39 is 18.1 Å². The number of nitrogens with zero attached hydrogens (tertiary/aromatic N) is 4. The van der Waals surface area contributed by atoms with Crippen LogP contribution in [-0.4, -0.2) is 85.1 Å². The number of methoxy groups -OCH3 is 1. The second-order valence-corrected chi connectivity index (χ2v) is 15.7. The van der Waals surface area contributed by atoms with E-state index in [-0.39, 0.29) is 30.0 Å². The molecule has 284 valence electrons. The molecule has 4 heterocycles. The number of H-pyrrole nitrogens is 2. The van der Waals surface area contributed by atoms with Crippen molar-refractivity contribution in [2.45, 2.75) is 90.4 Å². The average Bonchev–Trinajstić information content (AvgIpc) is 3.98. The van der Waals surface area contributed by atoms with Crippen LogP contribution in [0.25, 0.3) is 44.4 Å². The van der Waals surface area contributed by atoms with Gasteiger partial charge in [0.2, 0.25) is 12.3 Å². The Bertz CT molecular complexity index is 2100. The molecule has 2 aliphatic heterocycles. The lowest BCUT2D eigenvalue weighted by Gasteiger charge is -2.31. The number of carbonyl (C=O) groups is 2. The van der Waals surface area contributed by atoms with Gasteiger partial charge in [-0.25, -0.2) is 14.8 Å². The van der Waals surface area contributed by atoms with E-state index in [1.54, 1.807) is 4.90 Å². The molecule has 4 atom stereocenters. The van der Waals surface area contributed by atoms with Crippen LogP contribution in [-0.2, 0) is 14.3 Å². The quantitative estimate of drug-likeness (QED) is 0.108. The molecule has 2 fully saturated rings. The highest BCUT2D eigenvalue weighted by Crippen LogP contribution is 2.35. The number of benzene rings is 3. The monoisotopic (exact) mass is 733 g/mol. The summed E-state index contributed by atoms with van der Waals surface area (Å²) in [5.74, 6) is 1.44. The van der Waals surface area contributed by atoms with Crippen molar-refractivity contribution >= 4 is 22.8 Å². The number of rotatable bonds is 10. The highest BCUT2D eigenvalue weighted by molar-refractivity contribution is 5.90. The van der Waals surface area contributed by atoms with Crippen molar-refractivity contribution in [2.75, 3.05) is 20.2 Å². The molecular formula is C42H51N7O5. The molecule has 12 heteroatoms. The molecule has 2 aromatic heterocycles. The lowest BCUT2D eigenvalue weighted by Crippen LogP contribution is -2.52. The standard InChI is InChI=1S/C42H51N7O5/c1-25(2)36(47-40(51)53-6)39(50)48-19-7-9-34(48)37-44-24-33(46-37)31-18-17-29-21-28(15-16-30(29)22-31)26-11-13-27(14-12-26)32-23-43-38(45-32)35-10-8-20-49(35)41(52)54-42(3,4)5/h11-18,21-25,34-36,40,47,51H,7-10,19-20H2,1-6H3,(H,43,45)(H,44,46)/t34-,35-,36-,40?/m0/s1. The summed E-state index contributed by atoms with van der Waals surface area (Å²) in [7, 11) is 1.40. The van der Waals surface area contributed by atoms with Crippen molar-refractivity contribution in [1.82, 2.24) is 35.1 Å². The Morgan fingerprint density at radius 1 is 0.796 bits per heavy atom. The van der Waals surface area contributed by atoms with E-state index in [1.807, 2.05) is 51.9 Å². The normalized spacial score (nSPS) is 18.8. The molecule has 5 aromatic rings. The molecule has 54 heavy (non-hydrogen) atoms.